The molecular formula is C13H13Cl2N3O2. The van der Waals surface area contributed by atoms with Crippen LogP contribution in [0.5, 0.6) is 0 Å². The summed E-state index contributed by atoms with van der Waals surface area (Å²) in [4.78, 5) is 11.8. The van der Waals surface area contributed by atoms with Gasteiger partial charge >= 0.3 is 0 Å². The number of hydrogen-bond acceptors (Lipinski definition) is 3. The molecule has 0 aliphatic rings. The molecule has 1 heterocycles. The number of aliphatic hydroxyl groups is 1. The third-order valence-corrected chi connectivity index (χ3v) is 3.39. The molecule has 0 saturated heterocycles. The summed E-state index contributed by atoms with van der Waals surface area (Å²) in [6.45, 7) is 1.79. The minimum atomic E-state index is -0.986. The van der Waals surface area contributed by atoms with E-state index in [-0.39, 0.29) is 18.1 Å². The summed E-state index contributed by atoms with van der Waals surface area (Å²) in [5, 5.41) is 19.9. The van der Waals surface area contributed by atoms with Crippen molar-refractivity contribution in [3.63, 3.8) is 0 Å². The molecule has 2 rings (SSSR count). The first kappa shape index (κ1) is 14.8. The zero-order valence-corrected chi connectivity index (χ0v) is 12.2. The number of rotatable bonds is 4. The average molecular weight is 314 g/mol. The Morgan fingerprint density at radius 1 is 1.45 bits per heavy atom. The highest BCUT2D eigenvalue weighted by molar-refractivity contribution is 6.36. The van der Waals surface area contributed by atoms with Crippen LogP contribution in [0, 0.1) is 6.92 Å². The topological polar surface area (TPSA) is 78.0 Å². The van der Waals surface area contributed by atoms with Crippen molar-refractivity contribution in [2.24, 2.45) is 0 Å². The molecule has 0 fully saturated rings. The maximum atomic E-state index is 11.8. The monoisotopic (exact) mass is 313 g/mol. The van der Waals surface area contributed by atoms with E-state index in [1.807, 2.05) is 0 Å². The molecule has 1 aromatic heterocycles. The second-order valence-corrected chi connectivity index (χ2v) is 5.11. The molecule has 0 spiro atoms. The second-order valence-electron chi connectivity index (χ2n) is 4.30. The standard InChI is InChI=1S/C13H13Cl2N3O2/c1-7-5-10(18-17-7)13(20)16-6-11(19)12-8(14)3-2-4-9(12)15/h2-5,11,19H,6H2,1H3,(H,16,20)(H,17,18). The zero-order valence-electron chi connectivity index (χ0n) is 10.7. The van der Waals surface area contributed by atoms with Crippen molar-refractivity contribution in [1.82, 2.24) is 15.5 Å². The lowest BCUT2D eigenvalue weighted by molar-refractivity contribution is 0.0911. The number of carbonyl (C=O) groups excluding carboxylic acids is 1. The van der Waals surface area contributed by atoms with E-state index in [1.54, 1.807) is 31.2 Å². The molecule has 0 radical (unpaired) electrons. The van der Waals surface area contributed by atoms with Crippen LogP contribution in [0.25, 0.3) is 0 Å². The van der Waals surface area contributed by atoms with Gasteiger partial charge in [-0.3, -0.25) is 9.89 Å². The Balaban J connectivity index is 2.02. The van der Waals surface area contributed by atoms with Gasteiger partial charge in [-0.25, -0.2) is 0 Å². The summed E-state index contributed by atoms with van der Waals surface area (Å²) in [6, 6.07) is 6.56. The summed E-state index contributed by atoms with van der Waals surface area (Å²) < 4.78 is 0. The van der Waals surface area contributed by atoms with Crippen LogP contribution in [-0.4, -0.2) is 27.8 Å². The summed E-state index contributed by atoms with van der Waals surface area (Å²) in [5.74, 6) is -0.378. The van der Waals surface area contributed by atoms with Crippen LogP contribution in [0.4, 0.5) is 0 Å². The third kappa shape index (κ3) is 3.30. The number of aromatic amines is 1. The van der Waals surface area contributed by atoms with Crippen molar-refractivity contribution in [3.05, 3.63) is 51.3 Å². The number of nitrogens with zero attached hydrogens (tertiary/aromatic N) is 1. The molecule has 0 aliphatic carbocycles. The van der Waals surface area contributed by atoms with E-state index in [2.05, 4.69) is 15.5 Å². The lowest BCUT2D eigenvalue weighted by Gasteiger charge is -2.14. The van der Waals surface area contributed by atoms with Gasteiger partial charge < -0.3 is 10.4 Å². The predicted molar refractivity (Wildman–Crippen MR) is 77.1 cm³/mol. The molecule has 5 nitrogen and oxygen atoms in total. The van der Waals surface area contributed by atoms with Gasteiger partial charge in [0.15, 0.2) is 0 Å². The van der Waals surface area contributed by atoms with Crippen LogP contribution >= 0.6 is 23.2 Å². The van der Waals surface area contributed by atoms with Gasteiger partial charge in [0.25, 0.3) is 5.91 Å². The van der Waals surface area contributed by atoms with E-state index in [9.17, 15) is 9.90 Å². The van der Waals surface area contributed by atoms with Crippen molar-refractivity contribution in [2.75, 3.05) is 6.54 Å². The number of aryl methyl sites for hydroxylation is 1. The van der Waals surface area contributed by atoms with Crippen molar-refractivity contribution in [2.45, 2.75) is 13.0 Å². The van der Waals surface area contributed by atoms with Crippen LogP contribution in [0.15, 0.2) is 24.3 Å². The maximum Gasteiger partial charge on any atom is 0.271 e. The predicted octanol–water partition coefficient (Wildman–Crippen LogP) is 2.49. The van der Waals surface area contributed by atoms with Crippen LogP contribution in [0.3, 0.4) is 0 Å². The first-order valence-corrected chi connectivity index (χ1v) is 6.67. The molecule has 1 atom stereocenters. The SMILES string of the molecule is Cc1cc(C(=O)NCC(O)c2c(Cl)cccc2Cl)n[nH]1. The fraction of sp³-hybridized carbons (Fsp3) is 0.231. The molecule has 2 aromatic rings. The zero-order chi connectivity index (χ0) is 14.7. The van der Waals surface area contributed by atoms with Gasteiger partial charge in [0, 0.05) is 27.8 Å². The number of carbonyl (C=O) groups is 1. The molecular weight excluding hydrogens is 301 g/mol. The van der Waals surface area contributed by atoms with Gasteiger partial charge in [-0.15, -0.1) is 0 Å². The Morgan fingerprint density at radius 2 is 2.10 bits per heavy atom. The van der Waals surface area contributed by atoms with E-state index in [1.165, 1.54) is 0 Å². The van der Waals surface area contributed by atoms with E-state index >= 15 is 0 Å². The fourth-order valence-corrected chi connectivity index (χ4v) is 2.39. The Hall–Kier alpha value is -1.56. The molecule has 1 unspecified atom stereocenters. The Bertz CT molecular complexity index is 608. The number of benzene rings is 1. The molecule has 3 N–H and O–H groups in total. The van der Waals surface area contributed by atoms with E-state index in [4.69, 9.17) is 23.2 Å². The molecule has 0 bridgehead atoms. The van der Waals surface area contributed by atoms with Gasteiger partial charge in [0.1, 0.15) is 5.69 Å². The first-order valence-electron chi connectivity index (χ1n) is 5.91. The quantitative estimate of drug-likeness (QED) is 0.811. The number of halogens is 2. The normalized spacial score (nSPS) is 12.2. The summed E-state index contributed by atoms with van der Waals surface area (Å²) in [5.41, 5.74) is 1.44. The van der Waals surface area contributed by atoms with Gasteiger partial charge in [-0.2, -0.15) is 5.10 Å². The van der Waals surface area contributed by atoms with Crippen LogP contribution in [0.1, 0.15) is 27.8 Å². The molecule has 0 saturated carbocycles. The fourth-order valence-electron chi connectivity index (χ4n) is 1.75. The van der Waals surface area contributed by atoms with Crippen LogP contribution < -0.4 is 5.32 Å². The van der Waals surface area contributed by atoms with Crippen molar-refractivity contribution in [3.8, 4) is 0 Å². The number of amides is 1. The van der Waals surface area contributed by atoms with Crippen LogP contribution in [-0.2, 0) is 0 Å². The van der Waals surface area contributed by atoms with E-state index in [0.29, 0.717) is 15.6 Å². The number of aliphatic hydroxyl groups excluding tert-OH is 1. The molecule has 7 heteroatoms. The summed E-state index contributed by atoms with van der Waals surface area (Å²) in [6.07, 6.45) is -0.986. The molecule has 0 aliphatic heterocycles. The van der Waals surface area contributed by atoms with Crippen molar-refractivity contribution in [1.29, 1.82) is 0 Å². The molecule has 20 heavy (non-hydrogen) atoms. The lowest BCUT2D eigenvalue weighted by atomic mass is 10.1. The average Bonchev–Trinajstić information content (AvgIpc) is 2.82. The number of hydrogen-bond donors (Lipinski definition) is 3. The highest BCUT2D eigenvalue weighted by Gasteiger charge is 2.17. The van der Waals surface area contributed by atoms with Gasteiger partial charge in [-0.1, -0.05) is 29.3 Å². The van der Waals surface area contributed by atoms with Gasteiger partial charge in [0.05, 0.1) is 6.10 Å². The van der Waals surface area contributed by atoms with Crippen molar-refractivity contribution >= 4 is 29.1 Å². The highest BCUT2D eigenvalue weighted by atomic mass is 35.5. The highest BCUT2D eigenvalue weighted by Crippen LogP contribution is 2.29. The Labute approximate surface area is 125 Å². The number of H-pyrrole nitrogens is 1. The van der Waals surface area contributed by atoms with Crippen LogP contribution in [0.2, 0.25) is 10.0 Å². The summed E-state index contributed by atoms with van der Waals surface area (Å²) >= 11 is 12.0. The van der Waals surface area contributed by atoms with Gasteiger partial charge in [0.2, 0.25) is 0 Å². The lowest BCUT2D eigenvalue weighted by Crippen LogP contribution is -2.28. The smallest absolute Gasteiger partial charge is 0.271 e. The minimum Gasteiger partial charge on any atom is -0.386 e. The van der Waals surface area contributed by atoms with Gasteiger partial charge in [-0.05, 0) is 25.1 Å². The van der Waals surface area contributed by atoms with E-state index < -0.39 is 6.10 Å². The first-order chi connectivity index (χ1) is 9.49. The van der Waals surface area contributed by atoms with E-state index in [0.717, 1.165) is 5.69 Å². The number of nitrogens with one attached hydrogen (secondary N) is 2. The molecule has 1 aromatic carbocycles. The van der Waals surface area contributed by atoms with Crippen molar-refractivity contribution < 1.29 is 9.90 Å². The third-order valence-electron chi connectivity index (χ3n) is 2.73. The maximum absolute atomic E-state index is 11.8. The molecule has 1 amide bonds. The molecule has 106 valence electrons. The number of aromatic nitrogens is 2. The minimum absolute atomic E-state index is 0.00576. The second kappa shape index (κ2) is 6.26. The Kier molecular flexibility index (Phi) is 4.65. The Morgan fingerprint density at radius 3 is 2.65 bits per heavy atom. The summed E-state index contributed by atoms with van der Waals surface area (Å²) in [7, 11) is 0. The largest absolute Gasteiger partial charge is 0.386 e.